The average Bonchev–Trinajstić information content (AvgIpc) is 3.44. The monoisotopic (exact) mass is 538 g/mol. The Balaban J connectivity index is 1.67. The molecular formula is C25H24F2N8O2S. The van der Waals surface area contributed by atoms with E-state index in [0.717, 1.165) is 41.7 Å². The van der Waals surface area contributed by atoms with E-state index in [1.807, 2.05) is 0 Å². The number of sulfone groups is 1. The fraction of sp³-hybridized carbons (Fsp3) is 0.280. The van der Waals surface area contributed by atoms with Gasteiger partial charge in [0.1, 0.15) is 17.2 Å². The van der Waals surface area contributed by atoms with E-state index in [2.05, 4.69) is 37.4 Å². The van der Waals surface area contributed by atoms with Gasteiger partial charge in [0, 0.05) is 43.7 Å². The number of aromatic amines is 1. The van der Waals surface area contributed by atoms with Crippen LogP contribution in [-0.2, 0) is 16.9 Å². The minimum absolute atomic E-state index is 0.00947. The first-order valence-electron chi connectivity index (χ1n) is 11.6. The van der Waals surface area contributed by atoms with Gasteiger partial charge in [0.15, 0.2) is 27.3 Å². The Labute approximate surface area is 218 Å². The van der Waals surface area contributed by atoms with Crippen LogP contribution in [0.3, 0.4) is 0 Å². The molecule has 1 aliphatic rings. The first-order chi connectivity index (χ1) is 18.0. The van der Waals surface area contributed by atoms with Gasteiger partial charge in [-0.3, -0.25) is 9.78 Å². The number of aromatic nitrogens is 6. The van der Waals surface area contributed by atoms with Gasteiger partial charge in [-0.2, -0.15) is 15.2 Å². The van der Waals surface area contributed by atoms with Crippen LogP contribution in [0.5, 0.6) is 0 Å². The molecule has 0 spiro atoms. The van der Waals surface area contributed by atoms with Crippen molar-refractivity contribution < 1.29 is 17.2 Å². The molecule has 0 saturated heterocycles. The van der Waals surface area contributed by atoms with Crippen LogP contribution >= 0.6 is 0 Å². The quantitative estimate of drug-likeness (QED) is 0.338. The minimum atomic E-state index is -3.82. The van der Waals surface area contributed by atoms with Gasteiger partial charge in [-0.15, -0.1) is 0 Å². The maximum Gasteiger partial charge on any atom is 0.232 e. The van der Waals surface area contributed by atoms with E-state index in [1.165, 1.54) is 7.05 Å². The van der Waals surface area contributed by atoms with Crippen LogP contribution in [0.25, 0.3) is 11.3 Å². The number of hydrogen-bond donors (Lipinski definition) is 2. The second kappa shape index (κ2) is 9.53. The van der Waals surface area contributed by atoms with E-state index in [4.69, 9.17) is 4.98 Å². The molecule has 1 fully saturated rings. The number of anilines is 4. The summed E-state index contributed by atoms with van der Waals surface area (Å²) in [6, 6.07) is 3.29. The fourth-order valence-electron chi connectivity index (χ4n) is 4.11. The molecule has 3 heterocycles. The Morgan fingerprint density at radius 3 is 2.47 bits per heavy atom. The molecule has 38 heavy (non-hydrogen) atoms. The molecule has 1 saturated carbocycles. The average molecular weight is 539 g/mol. The van der Waals surface area contributed by atoms with Gasteiger partial charge < -0.3 is 10.2 Å². The summed E-state index contributed by atoms with van der Waals surface area (Å²) in [7, 11) is -0.625. The molecule has 196 valence electrons. The van der Waals surface area contributed by atoms with Crippen molar-refractivity contribution in [2.75, 3.05) is 23.5 Å². The minimum Gasteiger partial charge on any atom is -0.323 e. The largest absolute Gasteiger partial charge is 0.323 e. The molecule has 0 unspecified atom stereocenters. The van der Waals surface area contributed by atoms with E-state index in [9.17, 15) is 8.42 Å². The molecule has 1 aromatic carbocycles. The van der Waals surface area contributed by atoms with Crippen molar-refractivity contribution in [1.29, 1.82) is 0 Å². The molecule has 0 amide bonds. The van der Waals surface area contributed by atoms with E-state index in [0.29, 0.717) is 28.6 Å². The summed E-state index contributed by atoms with van der Waals surface area (Å²) in [5, 5.41) is 14.6. The van der Waals surface area contributed by atoms with Crippen molar-refractivity contribution in [1.82, 2.24) is 29.9 Å². The molecule has 0 atom stereocenters. The van der Waals surface area contributed by atoms with Crippen molar-refractivity contribution >= 4 is 33.1 Å². The smallest absolute Gasteiger partial charge is 0.232 e. The van der Waals surface area contributed by atoms with Gasteiger partial charge in [0.05, 0.1) is 16.8 Å². The summed E-state index contributed by atoms with van der Waals surface area (Å²) < 4.78 is 55.5. The molecule has 0 radical (unpaired) electrons. The summed E-state index contributed by atoms with van der Waals surface area (Å²) in [6.07, 6.45) is 6.21. The van der Waals surface area contributed by atoms with Crippen molar-refractivity contribution in [2.45, 2.75) is 30.6 Å². The van der Waals surface area contributed by atoms with Crippen LogP contribution < -0.4 is 10.2 Å². The number of aryl methyl sites for hydroxylation is 1. The Morgan fingerprint density at radius 2 is 1.89 bits per heavy atom. The first-order valence-corrected chi connectivity index (χ1v) is 13.5. The number of hydrogen-bond acceptors (Lipinski definition) is 8. The second-order valence-electron chi connectivity index (χ2n) is 9.05. The fourth-order valence-corrected chi connectivity index (χ4v) is 4.74. The van der Waals surface area contributed by atoms with Crippen LogP contribution in [0, 0.1) is 23.5 Å². The maximum atomic E-state index is 15.1. The molecule has 13 heteroatoms. The highest BCUT2D eigenvalue weighted by molar-refractivity contribution is 7.90. The Hall–Kier alpha value is -4.31. The Morgan fingerprint density at radius 1 is 1.18 bits per heavy atom. The topological polar surface area (TPSA) is 122 Å². The molecule has 0 aliphatic heterocycles. The summed E-state index contributed by atoms with van der Waals surface area (Å²) >= 11 is 0. The predicted molar refractivity (Wildman–Crippen MR) is 138 cm³/mol. The van der Waals surface area contributed by atoms with Crippen LogP contribution in [0.4, 0.5) is 32.1 Å². The number of rotatable bonds is 7. The third-order valence-corrected chi connectivity index (χ3v) is 7.13. The van der Waals surface area contributed by atoms with Gasteiger partial charge in [0.2, 0.25) is 5.95 Å². The lowest BCUT2D eigenvalue weighted by atomic mass is 10.1. The highest BCUT2D eigenvalue weighted by atomic mass is 32.2. The summed E-state index contributed by atoms with van der Waals surface area (Å²) in [4.78, 5) is 10.0. The molecule has 0 bridgehead atoms. The molecule has 5 rings (SSSR count). The number of H-pyrrole nitrogens is 1. The van der Waals surface area contributed by atoms with Crippen molar-refractivity contribution in [3.63, 3.8) is 0 Å². The molecule has 10 nitrogen and oxygen atoms in total. The van der Waals surface area contributed by atoms with E-state index in [1.54, 1.807) is 37.1 Å². The third kappa shape index (κ3) is 4.95. The van der Waals surface area contributed by atoms with E-state index in [-0.39, 0.29) is 11.9 Å². The normalized spacial score (nSPS) is 13.2. The zero-order valence-electron chi connectivity index (χ0n) is 21.0. The van der Waals surface area contributed by atoms with Crippen LogP contribution in [0.15, 0.2) is 35.5 Å². The van der Waals surface area contributed by atoms with Gasteiger partial charge in [-0.25, -0.2) is 22.2 Å². The van der Waals surface area contributed by atoms with Crippen molar-refractivity contribution in [2.24, 2.45) is 7.05 Å². The summed E-state index contributed by atoms with van der Waals surface area (Å²) in [6.45, 7) is 1.71. The number of nitrogens with one attached hydrogen (secondary N) is 2. The zero-order valence-corrected chi connectivity index (χ0v) is 21.9. The first kappa shape index (κ1) is 25.3. The van der Waals surface area contributed by atoms with E-state index < -0.39 is 32.1 Å². The standard InChI is InChI=1S/C25H24F2N8O2S/c1-5-6-16-9-20(33-32-16)29-24-21(14-7-8-14)22(15-12-28-34(2)13-15)30-25(31-24)35(3)23-18(26)10-17(11-19(23)27)38(4,36)37/h9-14H,7-8H2,1-4H3,(H2,29,30,31,32,33). The second-order valence-corrected chi connectivity index (χ2v) is 11.1. The van der Waals surface area contributed by atoms with Gasteiger partial charge in [-0.05, 0) is 43.7 Å². The lowest BCUT2D eigenvalue weighted by molar-refractivity contribution is 0.569. The van der Waals surface area contributed by atoms with Crippen molar-refractivity contribution in [3.8, 4) is 23.1 Å². The van der Waals surface area contributed by atoms with Gasteiger partial charge in [-0.1, -0.05) is 5.92 Å². The lowest BCUT2D eigenvalue weighted by Crippen LogP contribution is -2.19. The summed E-state index contributed by atoms with van der Waals surface area (Å²) in [5.74, 6) is 4.64. The molecule has 1 aliphatic carbocycles. The van der Waals surface area contributed by atoms with Crippen molar-refractivity contribution in [3.05, 3.63) is 53.5 Å². The molecule has 3 aromatic heterocycles. The van der Waals surface area contributed by atoms with E-state index >= 15 is 8.78 Å². The third-order valence-electron chi connectivity index (χ3n) is 6.04. The lowest BCUT2D eigenvalue weighted by Gasteiger charge is -2.22. The van der Waals surface area contributed by atoms with Crippen LogP contribution in [-0.4, -0.2) is 51.7 Å². The highest BCUT2D eigenvalue weighted by Gasteiger charge is 2.33. The highest BCUT2D eigenvalue weighted by Crippen LogP contribution is 2.48. The van der Waals surface area contributed by atoms with Crippen LogP contribution in [0.1, 0.15) is 36.9 Å². The predicted octanol–water partition coefficient (Wildman–Crippen LogP) is 4.04. The van der Waals surface area contributed by atoms with Crippen LogP contribution in [0.2, 0.25) is 0 Å². The molecule has 4 aromatic rings. The number of halogens is 2. The van der Waals surface area contributed by atoms with Gasteiger partial charge >= 0.3 is 0 Å². The zero-order chi connectivity index (χ0) is 27.2. The maximum absolute atomic E-state index is 15.1. The molecular weight excluding hydrogens is 514 g/mol. The molecule has 2 N–H and O–H groups in total. The Bertz CT molecular complexity index is 1690. The SMILES string of the molecule is CC#Cc1cc(Nc2nc(N(C)c3c(F)cc(S(C)(=O)=O)cc3F)nc(-c3cnn(C)c3)c2C2CC2)n[nH]1. The number of benzene rings is 1. The van der Waals surface area contributed by atoms with Gasteiger partial charge in [0.25, 0.3) is 0 Å². The number of nitrogens with zero attached hydrogens (tertiary/aromatic N) is 6. The Kier molecular flexibility index (Phi) is 6.36. The summed E-state index contributed by atoms with van der Waals surface area (Å²) in [5.41, 5.74) is 2.24.